The van der Waals surface area contributed by atoms with Crippen LogP contribution >= 0.6 is 0 Å². The molecule has 2 aromatic carbocycles. The molecule has 3 rings (SSSR count). The second-order valence-corrected chi connectivity index (χ2v) is 8.16. The number of piperidine rings is 1. The number of rotatable bonds is 7. The molecule has 0 radical (unpaired) electrons. The van der Waals surface area contributed by atoms with Gasteiger partial charge in [0.15, 0.2) is 0 Å². The lowest BCUT2D eigenvalue weighted by atomic mass is 9.71. The Labute approximate surface area is 180 Å². The summed E-state index contributed by atoms with van der Waals surface area (Å²) in [5.41, 5.74) is 4.26. The van der Waals surface area contributed by atoms with Gasteiger partial charge in [0.2, 0.25) is 11.8 Å². The molecule has 1 N–H and O–H groups in total. The molecule has 0 saturated carbocycles. The van der Waals surface area contributed by atoms with E-state index in [-0.39, 0.29) is 11.8 Å². The van der Waals surface area contributed by atoms with E-state index in [1.165, 1.54) is 22.3 Å². The van der Waals surface area contributed by atoms with Crippen LogP contribution in [0.3, 0.4) is 0 Å². The van der Waals surface area contributed by atoms with Crippen LogP contribution in [0.15, 0.2) is 61.2 Å². The highest BCUT2D eigenvalue weighted by atomic mass is 16.2. The van der Waals surface area contributed by atoms with E-state index in [1.807, 2.05) is 24.0 Å². The summed E-state index contributed by atoms with van der Waals surface area (Å²) in [6.45, 7) is 9.44. The van der Waals surface area contributed by atoms with Crippen LogP contribution in [0.2, 0.25) is 0 Å². The number of amides is 2. The van der Waals surface area contributed by atoms with Crippen molar-refractivity contribution in [3.05, 3.63) is 72.3 Å². The Bertz CT molecular complexity index is 911. The van der Waals surface area contributed by atoms with Crippen LogP contribution in [0.5, 0.6) is 0 Å². The summed E-state index contributed by atoms with van der Waals surface area (Å²) < 4.78 is 0. The molecular weight excluding hydrogens is 372 g/mol. The van der Waals surface area contributed by atoms with Crippen molar-refractivity contribution in [2.45, 2.75) is 39.5 Å². The number of benzene rings is 2. The van der Waals surface area contributed by atoms with Crippen molar-refractivity contribution in [3.63, 3.8) is 0 Å². The predicted molar refractivity (Wildman–Crippen MR) is 122 cm³/mol. The fourth-order valence-electron chi connectivity index (χ4n) is 4.42. The number of aryl methyl sites for hydroxylation is 1. The van der Waals surface area contributed by atoms with E-state index in [4.69, 9.17) is 0 Å². The Kier molecular flexibility index (Phi) is 7.09. The van der Waals surface area contributed by atoms with Crippen LogP contribution in [-0.2, 0) is 16.0 Å². The SMILES string of the molecule is C=CCNC(=O)C1(Cc2ccccc2-c2ccccc2C)CCN(C(=O)CC)CC1. The summed E-state index contributed by atoms with van der Waals surface area (Å²) in [5.74, 6) is 0.223. The van der Waals surface area contributed by atoms with Crippen molar-refractivity contribution in [1.82, 2.24) is 10.2 Å². The molecule has 4 heteroatoms. The van der Waals surface area contributed by atoms with Gasteiger partial charge in [-0.05, 0) is 48.4 Å². The molecule has 1 heterocycles. The lowest BCUT2D eigenvalue weighted by Crippen LogP contribution is -2.51. The highest BCUT2D eigenvalue weighted by molar-refractivity contribution is 5.84. The van der Waals surface area contributed by atoms with Gasteiger partial charge in [0.25, 0.3) is 0 Å². The molecule has 0 aromatic heterocycles. The molecule has 4 nitrogen and oxygen atoms in total. The van der Waals surface area contributed by atoms with Crippen molar-refractivity contribution >= 4 is 11.8 Å². The maximum absolute atomic E-state index is 13.3. The molecule has 0 aliphatic carbocycles. The molecule has 2 aromatic rings. The van der Waals surface area contributed by atoms with E-state index in [0.29, 0.717) is 45.3 Å². The first kappa shape index (κ1) is 21.8. The summed E-state index contributed by atoms with van der Waals surface area (Å²) in [4.78, 5) is 27.3. The Hall–Kier alpha value is -2.88. The Morgan fingerprint density at radius 1 is 1.07 bits per heavy atom. The Morgan fingerprint density at radius 3 is 2.33 bits per heavy atom. The first-order valence-electron chi connectivity index (χ1n) is 10.8. The molecule has 158 valence electrons. The van der Waals surface area contributed by atoms with Crippen molar-refractivity contribution < 1.29 is 9.59 Å². The fraction of sp³-hybridized carbons (Fsp3) is 0.385. The third-order valence-electron chi connectivity index (χ3n) is 6.25. The first-order chi connectivity index (χ1) is 14.5. The number of carbonyl (C=O) groups is 2. The van der Waals surface area contributed by atoms with E-state index in [9.17, 15) is 9.59 Å². The Morgan fingerprint density at radius 2 is 1.70 bits per heavy atom. The molecule has 1 saturated heterocycles. The van der Waals surface area contributed by atoms with Gasteiger partial charge in [-0.2, -0.15) is 0 Å². The summed E-state index contributed by atoms with van der Waals surface area (Å²) in [5, 5.41) is 3.03. The highest BCUT2D eigenvalue weighted by Gasteiger charge is 2.42. The average molecular weight is 405 g/mol. The zero-order valence-electron chi connectivity index (χ0n) is 18.1. The maximum Gasteiger partial charge on any atom is 0.226 e. The molecular formula is C26H32N2O2. The monoisotopic (exact) mass is 404 g/mol. The van der Waals surface area contributed by atoms with E-state index in [2.05, 4.69) is 55.2 Å². The molecule has 1 aliphatic heterocycles. The number of hydrogen-bond donors (Lipinski definition) is 1. The molecule has 0 unspecified atom stereocenters. The van der Waals surface area contributed by atoms with E-state index in [0.717, 1.165) is 0 Å². The molecule has 30 heavy (non-hydrogen) atoms. The Balaban J connectivity index is 1.93. The van der Waals surface area contributed by atoms with Crippen LogP contribution in [0, 0.1) is 12.3 Å². The number of likely N-dealkylation sites (tertiary alicyclic amines) is 1. The van der Waals surface area contributed by atoms with E-state index >= 15 is 0 Å². The van der Waals surface area contributed by atoms with Crippen molar-refractivity contribution in [1.29, 1.82) is 0 Å². The van der Waals surface area contributed by atoms with Crippen LogP contribution in [0.4, 0.5) is 0 Å². The van der Waals surface area contributed by atoms with Gasteiger partial charge in [-0.25, -0.2) is 0 Å². The smallest absolute Gasteiger partial charge is 0.226 e. The summed E-state index contributed by atoms with van der Waals surface area (Å²) in [6, 6.07) is 16.7. The van der Waals surface area contributed by atoms with Crippen molar-refractivity contribution in [2.24, 2.45) is 5.41 Å². The van der Waals surface area contributed by atoms with Crippen molar-refractivity contribution in [2.75, 3.05) is 19.6 Å². The van der Waals surface area contributed by atoms with Crippen LogP contribution in [0.25, 0.3) is 11.1 Å². The maximum atomic E-state index is 13.3. The molecule has 1 aliphatic rings. The van der Waals surface area contributed by atoms with Crippen molar-refractivity contribution in [3.8, 4) is 11.1 Å². The largest absolute Gasteiger partial charge is 0.352 e. The predicted octanol–water partition coefficient (Wildman–Crippen LogP) is 4.53. The number of hydrogen-bond acceptors (Lipinski definition) is 2. The molecule has 2 amide bonds. The normalized spacial score (nSPS) is 15.5. The molecule has 0 bridgehead atoms. The zero-order valence-corrected chi connectivity index (χ0v) is 18.1. The van der Waals surface area contributed by atoms with E-state index in [1.54, 1.807) is 6.08 Å². The number of nitrogens with one attached hydrogen (secondary N) is 1. The first-order valence-corrected chi connectivity index (χ1v) is 10.8. The zero-order chi connectivity index (χ0) is 21.6. The number of carbonyl (C=O) groups excluding carboxylic acids is 2. The molecule has 1 fully saturated rings. The van der Waals surface area contributed by atoms with Gasteiger partial charge >= 0.3 is 0 Å². The standard InChI is InChI=1S/C26H32N2O2/c1-4-16-27-25(30)26(14-17-28(18-15-26)24(29)5-2)19-21-11-7-9-13-23(21)22-12-8-6-10-20(22)3/h4,6-13H,1,5,14-19H2,2-3H3,(H,27,30). The van der Waals surface area contributed by atoms with Gasteiger partial charge in [-0.3, -0.25) is 9.59 Å². The second kappa shape index (κ2) is 9.75. The summed E-state index contributed by atoms with van der Waals surface area (Å²) in [6.07, 6.45) is 4.22. The van der Waals surface area contributed by atoms with Gasteiger partial charge in [-0.1, -0.05) is 61.5 Å². The third-order valence-corrected chi connectivity index (χ3v) is 6.25. The minimum atomic E-state index is -0.522. The second-order valence-electron chi connectivity index (χ2n) is 8.16. The minimum absolute atomic E-state index is 0.0607. The summed E-state index contributed by atoms with van der Waals surface area (Å²) in [7, 11) is 0. The van der Waals surface area contributed by atoms with E-state index < -0.39 is 5.41 Å². The van der Waals surface area contributed by atoms with Crippen LogP contribution < -0.4 is 5.32 Å². The molecule has 0 spiro atoms. The van der Waals surface area contributed by atoms with Gasteiger partial charge < -0.3 is 10.2 Å². The molecule has 0 atom stereocenters. The lowest BCUT2D eigenvalue weighted by molar-refractivity contribution is -0.140. The minimum Gasteiger partial charge on any atom is -0.352 e. The van der Waals surface area contributed by atoms with Gasteiger partial charge in [0.1, 0.15) is 0 Å². The number of nitrogens with zero attached hydrogens (tertiary/aromatic N) is 1. The summed E-state index contributed by atoms with van der Waals surface area (Å²) >= 11 is 0. The fourth-order valence-corrected chi connectivity index (χ4v) is 4.42. The van der Waals surface area contributed by atoms with Crippen LogP contribution in [0.1, 0.15) is 37.3 Å². The average Bonchev–Trinajstić information content (AvgIpc) is 2.78. The lowest BCUT2D eigenvalue weighted by Gasteiger charge is -2.41. The van der Waals surface area contributed by atoms with Gasteiger partial charge in [0, 0.05) is 26.1 Å². The van der Waals surface area contributed by atoms with Gasteiger partial charge in [-0.15, -0.1) is 6.58 Å². The highest BCUT2D eigenvalue weighted by Crippen LogP contribution is 2.39. The van der Waals surface area contributed by atoms with Crippen LogP contribution in [-0.4, -0.2) is 36.3 Å². The quantitative estimate of drug-likeness (QED) is 0.690. The topological polar surface area (TPSA) is 49.4 Å². The van der Waals surface area contributed by atoms with Gasteiger partial charge in [0.05, 0.1) is 5.41 Å². The third kappa shape index (κ3) is 4.64.